The molecule has 0 bridgehead atoms. The predicted octanol–water partition coefficient (Wildman–Crippen LogP) is 4.93. The van der Waals surface area contributed by atoms with Crippen LogP contribution in [-0.2, 0) is 12.2 Å². The SMILES string of the molecule is SCCCCCCCCc1ccc(CS)cc1. The molecule has 0 atom stereocenters. The first kappa shape index (κ1) is 15.0. The first-order chi connectivity index (χ1) is 8.36. The number of hydrogen-bond acceptors (Lipinski definition) is 2. The third kappa shape index (κ3) is 7.05. The van der Waals surface area contributed by atoms with Crippen LogP contribution in [0, 0.1) is 0 Å². The highest BCUT2D eigenvalue weighted by Crippen LogP contribution is 2.12. The van der Waals surface area contributed by atoms with Gasteiger partial charge in [-0.1, -0.05) is 49.9 Å². The minimum Gasteiger partial charge on any atom is -0.179 e. The van der Waals surface area contributed by atoms with Gasteiger partial charge in [0.2, 0.25) is 0 Å². The van der Waals surface area contributed by atoms with Crippen molar-refractivity contribution >= 4 is 25.3 Å². The maximum atomic E-state index is 4.27. The Kier molecular flexibility index (Phi) is 8.72. The van der Waals surface area contributed by atoms with Crippen molar-refractivity contribution in [2.24, 2.45) is 0 Å². The van der Waals surface area contributed by atoms with Crippen molar-refractivity contribution in [3.63, 3.8) is 0 Å². The van der Waals surface area contributed by atoms with Crippen molar-refractivity contribution in [3.05, 3.63) is 35.4 Å². The van der Waals surface area contributed by atoms with E-state index in [4.69, 9.17) is 0 Å². The van der Waals surface area contributed by atoms with E-state index in [0.29, 0.717) is 0 Å². The molecule has 96 valence electrons. The van der Waals surface area contributed by atoms with Crippen molar-refractivity contribution in [3.8, 4) is 0 Å². The van der Waals surface area contributed by atoms with Gasteiger partial charge in [-0.05, 0) is 36.1 Å². The number of benzene rings is 1. The minimum absolute atomic E-state index is 0.839. The van der Waals surface area contributed by atoms with E-state index in [-0.39, 0.29) is 0 Å². The molecule has 0 aliphatic heterocycles. The molecule has 0 aliphatic rings. The topological polar surface area (TPSA) is 0 Å². The Labute approximate surface area is 117 Å². The van der Waals surface area contributed by atoms with Crippen molar-refractivity contribution in [1.29, 1.82) is 0 Å². The molecular weight excluding hydrogens is 244 g/mol. The zero-order chi connectivity index (χ0) is 12.3. The summed E-state index contributed by atoms with van der Waals surface area (Å²) in [6.07, 6.45) is 9.28. The van der Waals surface area contributed by atoms with E-state index in [1.54, 1.807) is 0 Å². The summed E-state index contributed by atoms with van der Waals surface area (Å²) < 4.78 is 0. The monoisotopic (exact) mass is 268 g/mol. The lowest BCUT2D eigenvalue weighted by atomic mass is 10.0. The molecule has 1 aromatic rings. The highest BCUT2D eigenvalue weighted by Gasteiger charge is 1.95. The van der Waals surface area contributed by atoms with E-state index in [1.807, 2.05) is 0 Å². The van der Waals surface area contributed by atoms with Crippen LogP contribution in [0.5, 0.6) is 0 Å². The van der Waals surface area contributed by atoms with Crippen LogP contribution in [0.25, 0.3) is 0 Å². The fourth-order valence-corrected chi connectivity index (χ4v) is 2.39. The molecule has 0 spiro atoms. The number of unbranched alkanes of at least 4 members (excludes halogenated alkanes) is 5. The van der Waals surface area contributed by atoms with E-state index in [2.05, 4.69) is 49.5 Å². The normalized spacial score (nSPS) is 10.7. The Balaban J connectivity index is 2.05. The van der Waals surface area contributed by atoms with Gasteiger partial charge >= 0.3 is 0 Å². The van der Waals surface area contributed by atoms with E-state index in [0.717, 1.165) is 11.5 Å². The van der Waals surface area contributed by atoms with Gasteiger partial charge in [0.15, 0.2) is 0 Å². The summed E-state index contributed by atoms with van der Waals surface area (Å²) in [5, 5.41) is 0. The van der Waals surface area contributed by atoms with Gasteiger partial charge < -0.3 is 0 Å². The summed E-state index contributed by atoms with van der Waals surface area (Å²) >= 11 is 8.49. The Bertz CT molecular complexity index is 279. The van der Waals surface area contributed by atoms with Gasteiger partial charge in [-0.25, -0.2) is 0 Å². The lowest BCUT2D eigenvalue weighted by Gasteiger charge is -2.03. The average Bonchev–Trinajstić information content (AvgIpc) is 2.38. The van der Waals surface area contributed by atoms with Gasteiger partial charge in [0.1, 0.15) is 0 Å². The van der Waals surface area contributed by atoms with Crippen molar-refractivity contribution in [2.75, 3.05) is 5.75 Å². The third-order valence-corrected chi connectivity index (χ3v) is 3.76. The van der Waals surface area contributed by atoms with E-state index < -0.39 is 0 Å². The lowest BCUT2D eigenvalue weighted by molar-refractivity contribution is 0.609. The molecule has 0 N–H and O–H groups in total. The average molecular weight is 268 g/mol. The zero-order valence-corrected chi connectivity index (χ0v) is 12.4. The van der Waals surface area contributed by atoms with Crippen LogP contribution in [0.1, 0.15) is 49.7 Å². The maximum Gasteiger partial charge on any atom is 0.0154 e. The van der Waals surface area contributed by atoms with Crippen LogP contribution in [0.15, 0.2) is 24.3 Å². The lowest BCUT2D eigenvalue weighted by Crippen LogP contribution is -1.87. The molecule has 0 saturated heterocycles. The van der Waals surface area contributed by atoms with E-state index >= 15 is 0 Å². The molecule has 0 fully saturated rings. The maximum absolute atomic E-state index is 4.27. The first-order valence-corrected chi connectivity index (χ1v) is 7.93. The Morgan fingerprint density at radius 1 is 0.647 bits per heavy atom. The Morgan fingerprint density at radius 3 is 1.76 bits per heavy atom. The number of aryl methyl sites for hydroxylation is 1. The number of hydrogen-bond donors (Lipinski definition) is 2. The zero-order valence-electron chi connectivity index (χ0n) is 10.6. The molecular formula is C15H24S2. The highest BCUT2D eigenvalue weighted by atomic mass is 32.1. The molecule has 0 saturated carbocycles. The van der Waals surface area contributed by atoms with Gasteiger partial charge in [-0.3, -0.25) is 0 Å². The smallest absolute Gasteiger partial charge is 0.0154 e. The van der Waals surface area contributed by atoms with Crippen LogP contribution in [0.4, 0.5) is 0 Å². The Morgan fingerprint density at radius 2 is 1.18 bits per heavy atom. The van der Waals surface area contributed by atoms with E-state index in [9.17, 15) is 0 Å². The van der Waals surface area contributed by atoms with Crippen LogP contribution < -0.4 is 0 Å². The standard InChI is InChI=1S/C15H24S2/c16-12-6-4-2-1-3-5-7-14-8-10-15(13-17)11-9-14/h8-11,16-17H,1-7,12-13H2. The molecule has 1 rings (SSSR count). The predicted molar refractivity (Wildman–Crippen MR) is 84.4 cm³/mol. The molecule has 0 aromatic heterocycles. The number of thiol groups is 2. The van der Waals surface area contributed by atoms with Gasteiger partial charge in [0, 0.05) is 5.75 Å². The summed E-state index contributed by atoms with van der Waals surface area (Å²) in [6, 6.07) is 8.86. The second-order valence-electron chi connectivity index (χ2n) is 4.57. The second kappa shape index (κ2) is 9.90. The van der Waals surface area contributed by atoms with Gasteiger partial charge in [-0.2, -0.15) is 25.3 Å². The fourth-order valence-electron chi connectivity index (χ4n) is 1.96. The number of rotatable bonds is 9. The molecule has 0 radical (unpaired) electrons. The van der Waals surface area contributed by atoms with Crippen LogP contribution in [0.3, 0.4) is 0 Å². The largest absolute Gasteiger partial charge is 0.179 e. The van der Waals surface area contributed by atoms with Gasteiger partial charge in [0.05, 0.1) is 0 Å². The summed E-state index contributed by atoms with van der Waals surface area (Å²) in [5.74, 6) is 1.88. The molecule has 0 aliphatic carbocycles. The quantitative estimate of drug-likeness (QED) is 0.460. The second-order valence-corrected chi connectivity index (χ2v) is 5.33. The summed E-state index contributed by atoms with van der Waals surface area (Å²) in [6.45, 7) is 0. The highest BCUT2D eigenvalue weighted by molar-refractivity contribution is 7.80. The summed E-state index contributed by atoms with van der Waals surface area (Å²) in [7, 11) is 0. The van der Waals surface area contributed by atoms with Crippen LogP contribution in [0.2, 0.25) is 0 Å². The van der Waals surface area contributed by atoms with E-state index in [1.165, 1.54) is 56.1 Å². The Hall–Kier alpha value is -0.0800. The van der Waals surface area contributed by atoms with Gasteiger partial charge in [-0.15, -0.1) is 0 Å². The van der Waals surface area contributed by atoms with Crippen LogP contribution in [-0.4, -0.2) is 5.75 Å². The van der Waals surface area contributed by atoms with Gasteiger partial charge in [0.25, 0.3) is 0 Å². The molecule has 0 heterocycles. The first-order valence-electron chi connectivity index (χ1n) is 6.66. The fraction of sp³-hybridized carbons (Fsp3) is 0.600. The molecule has 1 aromatic carbocycles. The van der Waals surface area contributed by atoms with Crippen molar-refractivity contribution < 1.29 is 0 Å². The summed E-state index contributed by atoms with van der Waals surface area (Å²) in [4.78, 5) is 0. The van der Waals surface area contributed by atoms with Crippen LogP contribution >= 0.6 is 25.3 Å². The molecule has 0 unspecified atom stereocenters. The summed E-state index contributed by atoms with van der Waals surface area (Å²) in [5.41, 5.74) is 2.77. The molecule has 2 heteroatoms. The van der Waals surface area contributed by atoms with Crippen molar-refractivity contribution in [2.45, 2.75) is 50.7 Å². The molecule has 0 nitrogen and oxygen atoms in total. The molecule has 0 amide bonds. The minimum atomic E-state index is 0.839. The third-order valence-electron chi connectivity index (χ3n) is 3.08. The van der Waals surface area contributed by atoms with Crippen molar-refractivity contribution in [1.82, 2.24) is 0 Å². The molecule has 17 heavy (non-hydrogen) atoms.